The summed E-state index contributed by atoms with van der Waals surface area (Å²) in [6.07, 6.45) is 0.0214. The van der Waals surface area contributed by atoms with Crippen LogP contribution in [0, 0.1) is 0 Å². The van der Waals surface area contributed by atoms with Crippen LogP contribution in [0.15, 0.2) is 82.6 Å². The number of aliphatic hydroxyl groups excluding tert-OH is 1. The van der Waals surface area contributed by atoms with Crippen molar-refractivity contribution in [1.82, 2.24) is 5.32 Å². The molecule has 0 amide bonds. The predicted molar refractivity (Wildman–Crippen MR) is 123 cm³/mol. The summed E-state index contributed by atoms with van der Waals surface area (Å²) < 4.78 is 30.6. The second kappa shape index (κ2) is 10.7. The number of halogens is 1. The van der Waals surface area contributed by atoms with Gasteiger partial charge in [0.1, 0.15) is 5.75 Å². The van der Waals surface area contributed by atoms with Crippen LogP contribution in [-0.2, 0) is 21.1 Å². The lowest BCUT2D eigenvalue weighted by molar-refractivity contribution is -0.131. The van der Waals surface area contributed by atoms with Gasteiger partial charge in [0.15, 0.2) is 0 Å². The summed E-state index contributed by atoms with van der Waals surface area (Å²) in [7, 11) is -3.67. The van der Waals surface area contributed by atoms with E-state index in [9.17, 15) is 18.3 Å². The molecule has 0 aliphatic heterocycles. The van der Waals surface area contributed by atoms with E-state index in [2.05, 4.69) is 5.32 Å². The van der Waals surface area contributed by atoms with Gasteiger partial charge in [-0.3, -0.25) is 4.79 Å². The Hall–Kier alpha value is -2.71. The largest absolute Gasteiger partial charge is 0.427 e. The molecule has 0 bridgehead atoms. The third-order valence-corrected chi connectivity index (χ3v) is 6.81. The Morgan fingerprint density at radius 1 is 1.03 bits per heavy atom. The Balaban J connectivity index is 1.54. The van der Waals surface area contributed by atoms with Gasteiger partial charge in [0.05, 0.1) is 15.9 Å². The van der Waals surface area contributed by atoms with E-state index in [1.807, 2.05) is 6.07 Å². The van der Waals surface area contributed by atoms with Crippen LogP contribution in [0.3, 0.4) is 0 Å². The predicted octanol–water partition coefficient (Wildman–Crippen LogP) is 3.96. The average molecular weight is 474 g/mol. The number of sulfone groups is 1. The van der Waals surface area contributed by atoms with Crippen LogP contribution in [0.1, 0.15) is 24.2 Å². The normalized spacial score (nSPS) is 12.3. The molecule has 2 N–H and O–H groups in total. The number of benzene rings is 3. The highest BCUT2D eigenvalue weighted by Gasteiger charge is 2.17. The van der Waals surface area contributed by atoms with Crippen molar-refractivity contribution in [1.29, 1.82) is 0 Å². The minimum Gasteiger partial charge on any atom is -0.427 e. The van der Waals surface area contributed by atoms with Crippen molar-refractivity contribution in [2.24, 2.45) is 0 Å². The van der Waals surface area contributed by atoms with Gasteiger partial charge < -0.3 is 15.2 Å². The number of rotatable bonds is 9. The molecule has 1 unspecified atom stereocenters. The maximum Gasteiger partial charge on any atom is 0.308 e. The standard InChI is InChI=1S/C24H24ClNO5S/c1-17(27)31-21-7-11-23(12-8-21)32(29,30)22-9-5-18(6-10-22)13-14-26-16-24(28)19-3-2-4-20(25)15-19/h2-12,15,24,26,28H,13-14,16H2,1H3. The van der Waals surface area contributed by atoms with E-state index < -0.39 is 21.9 Å². The number of hydrogen-bond acceptors (Lipinski definition) is 6. The van der Waals surface area contributed by atoms with Crippen LogP contribution in [0.4, 0.5) is 0 Å². The molecule has 0 aliphatic rings. The maximum absolute atomic E-state index is 12.8. The van der Waals surface area contributed by atoms with E-state index in [0.29, 0.717) is 30.3 Å². The first-order valence-electron chi connectivity index (χ1n) is 10.0. The SMILES string of the molecule is CC(=O)Oc1ccc(S(=O)(=O)c2ccc(CCNCC(O)c3cccc(Cl)c3)cc2)cc1. The zero-order valence-corrected chi connectivity index (χ0v) is 19.1. The molecule has 168 valence electrons. The van der Waals surface area contributed by atoms with Gasteiger partial charge in [-0.2, -0.15) is 0 Å². The molecule has 3 rings (SSSR count). The minimum atomic E-state index is -3.67. The summed E-state index contributed by atoms with van der Waals surface area (Å²) in [4.78, 5) is 11.3. The first-order valence-corrected chi connectivity index (χ1v) is 11.9. The van der Waals surface area contributed by atoms with Crippen molar-refractivity contribution in [3.8, 4) is 5.75 Å². The highest BCUT2D eigenvalue weighted by atomic mass is 35.5. The van der Waals surface area contributed by atoms with Crippen molar-refractivity contribution < 1.29 is 23.1 Å². The topological polar surface area (TPSA) is 92.7 Å². The van der Waals surface area contributed by atoms with E-state index >= 15 is 0 Å². The van der Waals surface area contributed by atoms with E-state index in [-0.39, 0.29) is 9.79 Å². The number of hydrogen-bond donors (Lipinski definition) is 2. The maximum atomic E-state index is 12.8. The van der Waals surface area contributed by atoms with Crippen LogP contribution >= 0.6 is 11.6 Å². The number of carbonyl (C=O) groups is 1. The van der Waals surface area contributed by atoms with E-state index in [1.165, 1.54) is 31.2 Å². The van der Waals surface area contributed by atoms with Gasteiger partial charge in [-0.05, 0) is 72.6 Å². The van der Waals surface area contributed by atoms with Gasteiger partial charge in [0.25, 0.3) is 0 Å². The molecule has 0 saturated heterocycles. The smallest absolute Gasteiger partial charge is 0.308 e. The van der Waals surface area contributed by atoms with Crippen molar-refractivity contribution in [3.05, 3.63) is 88.9 Å². The van der Waals surface area contributed by atoms with Gasteiger partial charge in [0.2, 0.25) is 9.84 Å². The first kappa shape index (κ1) is 23.9. The van der Waals surface area contributed by atoms with E-state index in [4.69, 9.17) is 16.3 Å². The zero-order chi connectivity index (χ0) is 23.1. The average Bonchev–Trinajstić information content (AvgIpc) is 2.77. The number of carbonyl (C=O) groups excluding carboxylic acids is 1. The zero-order valence-electron chi connectivity index (χ0n) is 17.5. The molecular formula is C24H24ClNO5S. The third kappa shape index (κ3) is 6.40. The van der Waals surface area contributed by atoms with Crippen LogP contribution in [0.2, 0.25) is 5.02 Å². The van der Waals surface area contributed by atoms with Gasteiger partial charge in [-0.25, -0.2) is 8.42 Å². The fraction of sp³-hybridized carbons (Fsp3) is 0.208. The summed E-state index contributed by atoms with van der Waals surface area (Å²) in [5, 5.41) is 14.0. The van der Waals surface area contributed by atoms with Gasteiger partial charge >= 0.3 is 5.97 Å². The van der Waals surface area contributed by atoms with Crippen LogP contribution in [0.5, 0.6) is 5.75 Å². The molecule has 32 heavy (non-hydrogen) atoms. The summed E-state index contributed by atoms with van der Waals surface area (Å²) in [5.74, 6) is -0.176. The number of nitrogens with one attached hydrogen (secondary N) is 1. The quantitative estimate of drug-likeness (QED) is 0.277. The Morgan fingerprint density at radius 2 is 1.66 bits per heavy atom. The fourth-order valence-corrected chi connectivity index (χ4v) is 4.59. The Labute approximate surface area is 192 Å². The molecule has 8 heteroatoms. The number of ether oxygens (including phenoxy) is 1. The lowest BCUT2D eigenvalue weighted by atomic mass is 10.1. The molecular weight excluding hydrogens is 450 g/mol. The van der Waals surface area contributed by atoms with Crippen molar-refractivity contribution in [2.75, 3.05) is 13.1 Å². The summed E-state index contributed by atoms with van der Waals surface area (Å²) in [6.45, 7) is 2.29. The molecule has 0 aliphatic carbocycles. The van der Waals surface area contributed by atoms with Crippen molar-refractivity contribution in [3.63, 3.8) is 0 Å². The molecule has 0 saturated carbocycles. The number of esters is 1. The first-order chi connectivity index (χ1) is 15.3. The second-order valence-corrected chi connectivity index (χ2v) is 9.62. The molecule has 3 aromatic rings. The molecule has 3 aromatic carbocycles. The summed E-state index contributed by atoms with van der Waals surface area (Å²) in [6, 6.07) is 19.5. The van der Waals surface area contributed by atoms with Gasteiger partial charge in [-0.15, -0.1) is 0 Å². The summed E-state index contributed by atoms with van der Waals surface area (Å²) >= 11 is 5.95. The van der Waals surface area contributed by atoms with Crippen LogP contribution in [0.25, 0.3) is 0 Å². The van der Waals surface area contributed by atoms with Crippen LogP contribution in [-0.4, -0.2) is 32.6 Å². The molecule has 0 spiro atoms. The second-order valence-electron chi connectivity index (χ2n) is 7.24. The van der Waals surface area contributed by atoms with Gasteiger partial charge in [0, 0.05) is 18.5 Å². The lowest BCUT2D eigenvalue weighted by Crippen LogP contribution is -2.23. The molecule has 0 fully saturated rings. The Morgan fingerprint density at radius 3 is 2.25 bits per heavy atom. The molecule has 1 atom stereocenters. The molecule has 0 heterocycles. The van der Waals surface area contributed by atoms with E-state index in [1.54, 1.807) is 42.5 Å². The number of aliphatic hydroxyl groups is 1. The minimum absolute atomic E-state index is 0.123. The molecule has 6 nitrogen and oxygen atoms in total. The highest BCUT2D eigenvalue weighted by Crippen LogP contribution is 2.24. The van der Waals surface area contributed by atoms with Crippen molar-refractivity contribution in [2.45, 2.75) is 29.2 Å². The van der Waals surface area contributed by atoms with Gasteiger partial charge in [-0.1, -0.05) is 35.9 Å². The molecule has 0 aromatic heterocycles. The molecule has 0 radical (unpaired) electrons. The summed E-state index contributed by atoms with van der Waals surface area (Å²) in [5.41, 5.74) is 1.72. The lowest BCUT2D eigenvalue weighted by Gasteiger charge is -2.13. The monoisotopic (exact) mass is 473 g/mol. The third-order valence-electron chi connectivity index (χ3n) is 4.79. The van der Waals surface area contributed by atoms with E-state index in [0.717, 1.165) is 11.1 Å². The Bertz CT molecular complexity index is 1160. The fourth-order valence-electron chi connectivity index (χ4n) is 3.13. The highest BCUT2D eigenvalue weighted by molar-refractivity contribution is 7.91. The van der Waals surface area contributed by atoms with Crippen molar-refractivity contribution >= 4 is 27.4 Å². The Kier molecular flexibility index (Phi) is 8.04. The van der Waals surface area contributed by atoms with Crippen LogP contribution < -0.4 is 10.1 Å².